The van der Waals surface area contributed by atoms with Gasteiger partial charge in [-0.3, -0.25) is 4.79 Å². The molecular formula is C16H28N2O. The van der Waals surface area contributed by atoms with Crippen LogP contribution < -0.4 is 11.3 Å². The summed E-state index contributed by atoms with van der Waals surface area (Å²) >= 11 is 0. The van der Waals surface area contributed by atoms with E-state index in [2.05, 4.69) is 40.7 Å². The Kier molecular flexibility index (Phi) is 4.97. The fourth-order valence-corrected chi connectivity index (χ4v) is 2.21. The van der Waals surface area contributed by atoms with E-state index in [0.29, 0.717) is 11.5 Å². The predicted octanol–water partition coefficient (Wildman–Crippen LogP) is 3.21. The van der Waals surface area contributed by atoms with E-state index in [1.165, 1.54) is 0 Å². The molecule has 3 heteroatoms. The van der Waals surface area contributed by atoms with Gasteiger partial charge in [0.15, 0.2) is 0 Å². The molecule has 0 fully saturated rings. The number of aromatic nitrogens is 1. The highest BCUT2D eigenvalue weighted by Gasteiger charge is 2.21. The van der Waals surface area contributed by atoms with E-state index in [-0.39, 0.29) is 17.0 Å². The Bertz CT molecular complexity index is 479. The second kappa shape index (κ2) is 5.91. The molecule has 0 radical (unpaired) electrons. The lowest BCUT2D eigenvalue weighted by molar-refractivity contribution is 0.452. The fraction of sp³-hybridized carbons (Fsp3) is 0.688. The molecule has 0 aromatic carbocycles. The maximum atomic E-state index is 12.6. The van der Waals surface area contributed by atoms with Crippen LogP contribution in [0, 0.1) is 5.92 Å². The Morgan fingerprint density at radius 3 is 2.21 bits per heavy atom. The van der Waals surface area contributed by atoms with E-state index in [9.17, 15) is 4.79 Å². The monoisotopic (exact) mass is 264 g/mol. The van der Waals surface area contributed by atoms with Gasteiger partial charge in [-0.25, -0.2) is 0 Å². The first-order valence-electron chi connectivity index (χ1n) is 7.14. The average molecular weight is 264 g/mol. The lowest BCUT2D eigenvalue weighted by Crippen LogP contribution is -2.33. The van der Waals surface area contributed by atoms with Crippen molar-refractivity contribution in [1.82, 2.24) is 4.57 Å². The molecule has 19 heavy (non-hydrogen) atoms. The third-order valence-corrected chi connectivity index (χ3v) is 3.39. The smallest absolute Gasteiger partial charge is 0.255 e. The molecule has 1 rings (SSSR count). The van der Waals surface area contributed by atoms with Gasteiger partial charge < -0.3 is 10.3 Å². The van der Waals surface area contributed by atoms with Crippen molar-refractivity contribution in [2.24, 2.45) is 11.7 Å². The first kappa shape index (κ1) is 16.0. The Hall–Kier alpha value is -1.09. The van der Waals surface area contributed by atoms with Gasteiger partial charge in [-0.1, -0.05) is 40.7 Å². The van der Waals surface area contributed by atoms with E-state index >= 15 is 0 Å². The minimum absolute atomic E-state index is 0.0352. The molecule has 0 spiro atoms. The topological polar surface area (TPSA) is 48.0 Å². The number of pyridine rings is 1. The van der Waals surface area contributed by atoms with Crippen LogP contribution in [0.4, 0.5) is 0 Å². The summed E-state index contributed by atoms with van der Waals surface area (Å²) in [5.74, 6) is 0.582. The van der Waals surface area contributed by atoms with Crippen LogP contribution >= 0.6 is 0 Å². The second-order valence-electron chi connectivity index (χ2n) is 6.85. The summed E-state index contributed by atoms with van der Waals surface area (Å²) in [6.45, 7) is 13.4. The van der Waals surface area contributed by atoms with Gasteiger partial charge in [-0.05, 0) is 25.3 Å². The number of hydrogen-bond acceptors (Lipinski definition) is 2. The van der Waals surface area contributed by atoms with Crippen molar-refractivity contribution in [3.8, 4) is 0 Å². The Balaban J connectivity index is 3.34. The molecule has 1 heterocycles. The number of rotatable bonds is 4. The van der Waals surface area contributed by atoms with Crippen molar-refractivity contribution in [3.63, 3.8) is 0 Å². The molecule has 0 aliphatic rings. The summed E-state index contributed by atoms with van der Waals surface area (Å²) in [4.78, 5) is 12.6. The van der Waals surface area contributed by atoms with Crippen molar-refractivity contribution >= 4 is 0 Å². The molecule has 1 atom stereocenters. The second-order valence-corrected chi connectivity index (χ2v) is 6.85. The van der Waals surface area contributed by atoms with Crippen LogP contribution in [0.2, 0.25) is 0 Å². The average Bonchev–Trinajstić information content (AvgIpc) is 2.24. The molecule has 0 aliphatic carbocycles. The summed E-state index contributed by atoms with van der Waals surface area (Å²) < 4.78 is 1.92. The van der Waals surface area contributed by atoms with Crippen molar-refractivity contribution in [2.75, 3.05) is 0 Å². The quantitative estimate of drug-likeness (QED) is 0.907. The zero-order chi connectivity index (χ0) is 14.8. The van der Waals surface area contributed by atoms with Gasteiger partial charge in [0.25, 0.3) is 5.56 Å². The van der Waals surface area contributed by atoms with Gasteiger partial charge in [0.1, 0.15) is 0 Å². The zero-order valence-electron chi connectivity index (χ0n) is 13.2. The number of hydrogen-bond donors (Lipinski definition) is 1. The summed E-state index contributed by atoms with van der Waals surface area (Å²) in [5, 5.41) is 0. The third-order valence-electron chi connectivity index (χ3n) is 3.39. The molecule has 1 unspecified atom stereocenters. The van der Waals surface area contributed by atoms with E-state index in [1.807, 2.05) is 17.6 Å². The maximum absolute atomic E-state index is 12.6. The van der Waals surface area contributed by atoms with Gasteiger partial charge in [0, 0.05) is 29.3 Å². The van der Waals surface area contributed by atoms with Gasteiger partial charge in [-0.15, -0.1) is 0 Å². The Labute approximate surface area is 116 Å². The van der Waals surface area contributed by atoms with E-state index in [0.717, 1.165) is 18.7 Å². The highest BCUT2D eigenvalue weighted by Crippen LogP contribution is 2.22. The van der Waals surface area contributed by atoms with Gasteiger partial charge in [0.2, 0.25) is 0 Å². The van der Waals surface area contributed by atoms with E-state index in [4.69, 9.17) is 5.73 Å². The number of nitrogens with zero attached hydrogens (tertiary/aromatic N) is 1. The van der Waals surface area contributed by atoms with E-state index in [1.54, 1.807) is 0 Å². The van der Waals surface area contributed by atoms with Crippen molar-refractivity contribution in [1.29, 1.82) is 0 Å². The van der Waals surface area contributed by atoms with Crippen molar-refractivity contribution in [2.45, 2.75) is 66.0 Å². The minimum atomic E-state index is -0.216. The molecule has 2 N–H and O–H groups in total. The zero-order valence-corrected chi connectivity index (χ0v) is 13.2. The van der Waals surface area contributed by atoms with E-state index < -0.39 is 0 Å². The van der Waals surface area contributed by atoms with Crippen LogP contribution in [0.25, 0.3) is 0 Å². The molecule has 0 saturated heterocycles. The lowest BCUT2D eigenvalue weighted by atomic mass is 9.90. The van der Waals surface area contributed by atoms with Crippen LogP contribution in [0.3, 0.4) is 0 Å². The molecule has 0 saturated carbocycles. The standard InChI is InChI=1S/C16H28N2O/c1-11(2)9-10-18-14(16(4,5)6)8-7-13(12(3)17)15(18)19/h7-8,11-12H,9-10,17H2,1-6H3. The van der Waals surface area contributed by atoms with Gasteiger partial charge >= 0.3 is 0 Å². The predicted molar refractivity (Wildman–Crippen MR) is 81.5 cm³/mol. The van der Waals surface area contributed by atoms with Crippen LogP contribution in [0.1, 0.15) is 65.3 Å². The molecule has 1 aromatic rings. The molecule has 0 amide bonds. The maximum Gasteiger partial charge on any atom is 0.255 e. The SMILES string of the molecule is CC(C)CCn1c(C(C)(C)C)ccc(C(C)N)c1=O. The fourth-order valence-electron chi connectivity index (χ4n) is 2.21. The third kappa shape index (κ3) is 3.93. The minimum Gasteiger partial charge on any atom is -0.324 e. The first-order valence-corrected chi connectivity index (χ1v) is 7.14. The number of nitrogens with two attached hydrogens (primary N) is 1. The van der Waals surface area contributed by atoms with Crippen LogP contribution in [0.15, 0.2) is 16.9 Å². The molecular weight excluding hydrogens is 236 g/mol. The normalized spacial score (nSPS) is 13.9. The Morgan fingerprint density at radius 1 is 1.21 bits per heavy atom. The Morgan fingerprint density at radius 2 is 1.79 bits per heavy atom. The molecule has 0 bridgehead atoms. The molecule has 1 aromatic heterocycles. The van der Waals surface area contributed by atoms with Gasteiger partial charge in [-0.2, -0.15) is 0 Å². The largest absolute Gasteiger partial charge is 0.324 e. The summed E-state index contributed by atoms with van der Waals surface area (Å²) in [7, 11) is 0. The first-order chi connectivity index (χ1) is 8.64. The summed E-state index contributed by atoms with van der Waals surface area (Å²) in [5.41, 5.74) is 7.71. The van der Waals surface area contributed by atoms with Crippen molar-refractivity contribution < 1.29 is 0 Å². The highest BCUT2D eigenvalue weighted by atomic mass is 16.1. The highest BCUT2D eigenvalue weighted by molar-refractivity contribution is 5.23. The lowest BCUT2D eigenvalue weighted by Gasteiger charge is -2.25. The van der Waals surface area contributed by atoms with Gasteiger partial charge in [0.05, 0.1) is 0 Å². The summed E-state index contributed by atoms with van der Waals surface area (Å²) in [6, 6.07) is 3.73. The summed E-state index contributed by atoms with van der Waals surface area (Å²) in [6.07, 6.45) is 1.01. The van der Waals surface area contributed by atoms with Crippen LogP contribution in [-0.4, -0.2) is 4.57 Å². The van der Waals surface area contributed by atoms with Crippen LogP contribution in [0.5, 0.6) is 0 Å². The molecule has 108 valence electrons. The molecule has 3 nitrogen and oxygen atoms in total. The molecule has 0 aliphatic heterocycles. The van der Waals surface area contributed by atoms with Crippen LogP contribution in [-0.2, 0) is 12.0 Å². The van der Waals surface area contributed by atoms with Crippen molar-refractivity contribution in [3.05, 3.63) is 33.7 Å².